The largest absolute Gasteiger partial charge is 0.381 e. The van der Waals surface area contributed by atoms with Crippen molar-refractivity contribution >= 4 is 5.69 Å². The summed E-state index contributed by atoms with van der Waals surface area (Å²) in [6.45, 7) is 2.91. The van der Waals surface area contributed by atoms with Crippen molar-refractivity contribution in [3.8, 4) is 0 Å². The molecule has 2 nitrogen and oxygen atoms in total. The Labute approximate surface area is 129 Å². The van der Waals surface area contributed by atoms with E-state index in [2.05, 4.69) is 34.5 Å². The van der Waals surface area contributed by atoms with E-state index in [1.165, 1.54) is 17.7 Å². The molecule has 116 valence electrons. The van der Waals surface area contributed by atoms with E-state index in [1.807, 2.05) is 6.07 Å². The first-order chi connectivity index (χ1) is 10.7. The number of nitrogens with one attached hydrogen (secondary N) is 1. The van der Waals surface area contributed by atoms with Gasteiger partial charge in [-0.1, -0.05) is 30.3 Å². The van der Waals surface area contributed by atoms with E-state index < -0.39 is 11.6 Å². The molecule has 1 aliphatic heterocycles. The van der Waals surface area contributed by atoms with E-state index in [4.69, 9.17) is 0 Å². The number of benzene rings is 2. The molecule has 0 bridgehead atoms. The van der Waals surface area contributed by atoms with Crippen LogP contribution in [0, 0.1) is 11.6 Å². The summed E-state index contributed by atoms with van der Waals surface area (Å²) >= 11 is 0. The van der Waals surface area contributed by atoms with Crippen molar-refractivity contribution in [3.63, 3.8) is 0 Å². The molecule has 0 aromatic heterocycles. The summed E-state index contributed by atoms with van der Waals surface area (Å²) in [6, 6.07) is 14.6. The number of piperidine rings is 1. The Balaban J connectivity index is 1.59. The first-order valence-electron chi connectivity index (χ1n) is 7.68. The van der Waals surface area contributed by atoms with Crippen molar-refractivity contribution in [2.24, 2.45) is 0 Å². The van der Waals surface area contributed by atoms with Gasteiger partial charge in [-0.25, -0.2) is 8.78 Å². The average Bonchev–Trinajstić information content (AvgIpc) is 2.52. The summed E-state index contributed by atoms with van der Waals surface area (Å²) in [4.78, 5) is 2.40. The highest BCUT2D eigenvalue weighted by Gasteiger charge is 2.20. The molecule has 1 fully saturated rings. The normalized spacial score (nSPS) is 19.1. The average molecular weight is 302 g/mol. The lowest BCUT2D eigenvalue weighted by atomic mass is 10.0. The fourth-order valence-electron chi connectivity index (χ4n) is 2.98. The minimum absolute atomic E-state index is 0.266. The van der Waals surface area contributed by atoms with Gasteiger partial charge in [0.25, 0.3) is 0 Å². The molecule has 1 aliphatic rings. The van der Waals surface area contributed by atoms with Gasteiger partial charge in [-0.15, -0.1) is 0 Å². The summed E-state index contributed by atoms with van der Waals surface area (Å²) in [5.41, 5.74) is 1.95. The van der Waals surface area contributed by atoms with Crippen LogP contribution in [0.2, 0.25) is 0 Å². The molecule has 0 spiro atoms. The van der Waals surface area contributed by atoms with Gasteiger partial charge >= 0.3 is 0 Å². The highest BCUT2D eigenvalue weighted by Crippen LogP contribution is 2.19. The maximum atomic E-state index is 13.3. The maximum absolute atomic E-state index is 13.3. The molecule has 3 rings (SSSR count). The highest BCUT2D eigenvalue weighted by molar-refractivity contribution is 5.44. The second-order valence-corrected chi connectivity index (χ2v) is 5.83. The number of rotatable bonds is 4. The van der Waals surface area contributed by atoms with Crippen molar-refractivity contribution in [1.29, 1.82) is 0 Å². The van der Waals surface area contributed by atoms with Crippen molar-refractivity contribution in [1.82, 2.24) is 4.90 Å². The van der Waals surface area contributed by atoms with Crippen LogP contribution in [0.15, 0.2) is 48.5 Å². The molecule has 1 heterocycles. The number of hydrogen-bond acceptors (Lipinski definition) is 2. The Kier molecular flexibility index (Phi) is 4.68. The molecule has 1 unspecified atom stereocenters. The van der Waals surface area contributed by atoms with Crippen LogP contribution >= 0.6 is 0 Å². The SMILES string of the molecule is Fc1ccc(NC2CCCN(Cc3ccccc3)C2)cc1F. The number of hydrogen-bond donors (Lipinski definition) is 1. The predicted octanol–water partition coefficient (Wildman–Crippen LogP) is 4.04. The first-order valence-corrected chi connectivity index (χ1v) is 7.68. The van der Waals surface area contributed by atoms with Gasteiger partial charge in [-0.05, 0) is 37.1 Å². The van der Waals surface area contributed by atoms with Gasteiger partial charge in [-0.3, -0.25) is 4.90 Å². The number of anilines is 1. The van der Waals surface area contributed by atoms with Crippen LogP contribution in [0.1, 0.15) is 18.4 Å². The van der Waals surface area contributed by atoms with Crippen LogP contribution in [-0.2, 0) is 6.54 Å². The summed E-state index contributed by atoms with van der Waals surface area (Å²) in [5, 5.41) is 3.32. The smallest absolute Gasteiger partial charge is 0.160 e. The fourth-order valence-corrected chi connectivity index (χ4v) is 2.98. The highest BCUT2D eigenvalue weighted by atomic mass is 19.2. The van der Waals surface area contributed by atoms with Gasteiger partial charge in [0.2, 0.25) is 0 Å². The molecule has 2 aromatic carbocycles. The van der Waals surface area contributed by atoms with Gasteiger partial charge in [0.05, 0.1) is 0 Å². The van der Waals surface area contributed by atoms with Gasteiger partial charge in [-0.2, -0.15) is 0 Å². The third kappa shape index (κ3) is 3.83. The van der Waals surface area contributed by atoms with Crippen molar-refractivity contribution < 1.29 is 8.78 Å². The Hall–Kier alpha value is -1.94. The Morgan fingerprint density at radius 2 is 1.86 bits per heavy atom. The van der Waals surface area contributed by atoms with E-state index in [0.29, 0.717) is 5.69 Å². The number of nitrogens with zero attached hydrogens (tertiary/aromatic N) is 1. The topological polar surface area (TPSA) is 15.3 Å². The van der Waals surface area contributed by atoms with Crippen LogP contribution in [0.3, 0.4) is 0 Å². The summed E-state index contributed by atoms with van der Waals surface area (Å²) < 4.78 is 26.2. The lowest BCUT2D eigenvalue weighted by Crippen LogP contribution is -2.41. The number of halogens is 2. The zero-order valence-corrected chi connectivity index (χ0v) is 12.4. The molecule has 4 heteroatoms. The second kappa shape index (κ2) is 6.88. The molecular formula is C18H20F2N2. The van der Waals surface area contributed by atoms with Crippen molar-refractivity contribution in [2.75, 3.05) is 18.4 Å². The Morgan fingerprint density at radius 1 is 1.05 bits per heavy atom. The van der Waals surface area contributed by atoms with Gasteiger partial charge in [0.1, 0.15) is 0 Å². The van der Waals surface area contributed by atoms with Crippen LogP contribution in [-0.4, -0.2) is 24.0 Å². The molecule has 1 N–H and O–H groups in total. The summed E-state index contributed by atoms with van der Waals surface area (Å²) in [6.07, 6.45) is 2.15. The van der Waals surface area contributed by atoms with Crippen LogP contribution in [0.5, 0.6) is 0 Å². The van der Waals surface area contributed by atoms with E-state index in [9.17, 15) is 8.78 Å². The van der Waals surface area contributed by atoms with Crippen LogP contribution in [0.25, 0.3) is 0 Å². The monoisotopic (exact) mass is 302 g/mol. The Bertz CT molecular complexity index is 616. The molecular weight excluding hydrogens is 282 g/mol. The maximum Gasteiger partial charge on any atom is 0.160 e. The fraction of sp³-hybridized carbons (Fsp3) is 0.333. The summed E-state index contributed by atoms with van der Waals surface area (Å²) in [7, 11) is 0. The molecule has 1 saturated heterocycles. The number of likely N-dealkylation sites (tertiary alicyclic amines) is 1. The molecule has 22 heavy (non-hydrogen) atoms. The standard InChI is InChI=1S/C18H20F2N2/c19-17-9-8-15(11-18(17)20)21-16-7-4-10-22(13-16)12-14-5-2-1-3-6-14/h1-3,5-6,8-9,11,16,21H,4,7,10,12-13H2. The van der Waals surface area contributed by atoms with Crippen molar-refractivity contribution in [2.45, 2.75) is 25.4 Å². The lowest BCUT2D eigenvalue weighted by molar-refractivity contribution is 0.208. The van der Waals surface area contributed by atoms with E-state index in [1.54, 1.807) is 6.07 Å². The minimum Gasteiger partial charge on any atom is -0.381 e. The Morgan fingerprint density at radius 3 is 2.64 bits per heavy atom. The molecule has 0 saturated carbocycles. The van der Waals surface area contributed by atoms with Gasteiger partial charge in [0.15, 0.2) is 11.6 Å². The first kappa shape index (κ1) is 15.0. The van der Waals surface area contributed by atoms with Gasteiger partial charge in [0, 0.05) is 30.9 Å². The van der Waals surface area contributed by atoms with Crippen LogP contribution in [0.4, 0.5) is 14.5 Å². The molecule has 0 aliphatic carbocycles. The second-order valence-electron chi connectivity index (χ2n) is 5.83. The minimum atomic E-state index is -0.806. The third-order valence-corrected chi connectivity index (χ3v) is 4.04. The van der Waals surface area contributed by atoms with E-state index >= 15 is 0 Å². The third-order valence-electron chi connectivity index (χ3n) is 4.04. The quantitative estimate of drug-likeness (QED) is 0.917. The lowest BCUT2D eigenvalue weighted by Gasteiger charge is -2.33. The molecule has 0 amide bonds. The van der Waals surface area contributed by atoms with E-state index in [-0.39, 0.29) is 6.04 Å². The van der Waals surface area contributed by atoms with E-state index in [0.717, 1.165) is 32.5 Å². The predicted molar refractivity (Wildman–Crippen MR) is 84.7 cm³/mol. The molecule has 2 aromatic rings. The van der Waals surface area contributed by atoms with Crippen LogP contribution < -0.4 is 5.32 Å². The van der Waals surface area contributed by atoms with Gasteiger partial charge < -0.3 is 5.32 Å². The zero-order chi connectivity index (χ0) is 15.4. The van der Waals surface area contributed by atoms with Crippen molar-refractivity contribution in [3.05, 3.63) is 65.7 Å². The molecule has 0 radical (unpaired) electrons. The molecule has 1 atom stereocenters. The zero-order valence-electron chi connectivity index (χ0n) is 12.4. The summed E-state index contributed by atoms with van der Waals surface area (Å²) in [5.74, 6) is -1.61.